The molecule has 2 fully saturated rings. The van der Waals surface area contributed by atoms with Crippen molar-refractivity contribution in [3.8, 4) is 0 Å². The summed E-state index contributed by atoms with van der Waals surface area (Å²) in [7, 11) is 0. The normalized spacial score (nSPS) is 21.4. The molecule has 0 saturated carbocycles. The van der Waals surface area contributed by atoms with Gasteiger partial charge in [-0.15, -0.1) is 0 Å². The lowest BCUT2D eigenvalue weighted by molar-refractivity contribution is -0.111. The second-order valence-electron chi connectivity index (χ2n) is 5.79. The van der Waals surface area contributed by atoms with E-state index in [-0.39, 0.29) is 17.9 Å². The molecule has 0 aliphatic carbocycles. The Morgan fingerprint density at radius 1 is 1.30 bits per heavy atom. The number of nitrogens with zero attached hydrogens (tertiary/aromatic N) is 2. The molecule has 3 rings (SSSR count). The van der Waals surface area contributed by atoms with Crippen molar-refractivity contribution in [1.29, 1.82) is 0 Å². The second-order valence-corrected chi connectivity index (χ2v) is 5.79. The van der Waals surface area contributed by atoms with Crippen LogP contribution >= 0.6 is 0 Å². The van der Waals surface area contributed by atoms with Gasteiger partial charge in [0, 0.05) is 37.4 Å². The molecule has 2 aliphatic heterocycles. The molecule has 1 aromatic carbocycles. The molecule has 2 heterocycles. The molecular formula is C17H21N3O3. The van der Waals surface area contributed by atoms with Crippen LogP contribution in [0.3, 0.4) is 0 Å². The zero-order valence-corrected chi connectivity index (χ0v) is 13.0. The number of carbonyl (C=O) groups is 2. The molecule has 6 nitrogen and oxygen atoms in total. The summed E-state index contributed by atoms with van der Waals surface area (Å²) in [6, 6.07) is 7.28. The molecule has 0 spiro atoms. The Hall–Kier alpha value is -2.18. The van der Waals surface area contributed by atoms with Crippen LogP contribution in [0.25, 0.3) is 0 Å². The molecule has 1 aromatic rings. The van der Waals surface area contributed by atoms with Crippen molar-refractivity contribution in [2.45, 2.75) is 6.04 Å². The Labute approximate surface area is 135 Å². The highest BCUT2D eigenvalue weighted by atomic mass is 16.5. The highest BCUT2D eigenvalue weighted by Crippen LogP contribution is 2.18. The summed E-state index contributed by atoms with van der Waals surface area (Å²) >= 11 is 0. The molecule has 0 radical (unpaired) electrons. The summed E-state index contributed by atoms with van der Waals surface area (Å²) in [5.41, 5.74) is 1.18. The van der Waals surface area contributed by atoms with Gasteiger partial charge in [0.1, 0.15) is 0 Å². The third kappa shape index (κ3) is 3.60. The standard InChI is InChI=1S/C17H21N3O3/c1-2-16(21)18-14-5-3-4-13(10-14)17(22)20-7-6-19-8-9-23-12-15(19)11-20/h2-5,10,15H,1,6-9,11-12H2,(H,18,21). The third-order valence-corrected chi connectivity index (χ3v) is 4.29. The molecule has 6 heteroatoms. The van der Waals surface area contributed by atoms with E-state index < -0.39 is 0 Å². The SMILES string of the molecule is C=CC(=O)Nc1cccc(C(=O)N2CCN3CCOCC3C2)c1. The van der Waals surface area contributed by atoms with E-state index in [1.807, 2.05) is 4.90 Å². The first-order valence-corrected chi connectivity index (χ1v) is 7.82. The number of piperazine rings is 1. The molecule has 0 bridgehead atoms. The molecule has 0 aromatic heterocycles. The van der Waals surface area contributed by atoms with Gasteiger partial charge in [-0.1, -0.05) is 12.6 Å². The number of anilines is 1. The number of ether oxygens (including phenoxy) is 1. The van der Waals surface area contributed by atoms with Crippen molar-refractivity contribution < 1.29 is 14.3 Å². The molecular weight excluding hydrogens is 294 g/mol. The number of carbonyl (C=O) groups excluding carboxylic acids is 2. The summed E-state index contributed by atoms with van der Waals surface area (Å²) in [4.78, 5) is 28.3. The van der Waals surface area contributed by atoms with Crippen LogP contribution < -0.4 is 5.32 Å². The first-order chi connectivity index (χ1) is 11.2. The van der Waals surface area contributed by atoms with Gasteiger partial charge in [-0.2, -0.15) is 0 Å². The first kappa shape index (κ1) is 15.7. The lowest BCUT2D eigenvalue weighted by Gasteiger charge is -2.43. The second kappa shape index (κ2) is 6.93. The number of hydrogen-bond donors (Lipinski definition) is 1. The maximum Gasteiger partial charge on any atom is 0.254 e. The summed E-state index contributed by atoms with van der Waals surface area (Å²) in [6.07, 6.45) is 1.21. The highest BCUT2D eigenvalue weighted by Gasteiger charge is 2.31. The summed E-state index contributed by atoms with van der Waals surface area (Å²) < 4.78 is 5.51. The number of rotatable bonds is 3. The van der Waals surface area contributed by atoms with Gasteiger partial charge in [-0.05, 0) is 24.3 Å². The van der Waals surface area contributed by atoms with E-state index >= 15 is 0 Å². The summed E-state index contributed by atoms with van der Waals surface area (Å²) in [5, 5.41) is 2.68. The monoisotopic (exact) mass is 315 g/mol. The summed E-state index contributed by atoms with van der Waals surface area (Å²) in [5.74, 6) is -0.299. The summed E-state index contributed by atoms with van der Waals surface area (Å²) in [6.45, 7) is 8.10. The highest BCUT2D eigenvalue weighted by molar-refractivity contribution is 6.00. The van der Waals surface area contributed by atoms with E-state index in [0.717, 1.165) is 26.2 Å². The minimum atomic E-state index is -0.289. The molecule has 1 unspecified atom stereocenters. The van der Waals surface area contributed by atoms with Gasteiger partial charge < -0.3 is 15.0 Å². The predicted molar refractivity (Wildman–Crippen MR) is 87.4 cm³/mol. The van der Waals surface area contributed by atoms with Gasteiger partial charge in [-0.3, -0.25) is 14.5 Å². The molecule has 1 N–H and O–H groups in total. The topological polar surface area (TPSA) is 61.9 Å². The number of hydrogen-bond acceptors (Lipinski definition) is 4. The van der Waals surface area contributed by atoms with Crippen molar-refractivity contribution in [2.75, 3.05) is 44.7 Å². The number of nitrogens with one attached hydrogen (secondary N) is 1. The number of fused-ring (bicyclic) bond motifs is 1. The Kier molecular flexibility index (Phi) is 4.73. The van der Waals surface area contributed by atoms with Crippen molar-refractivity contribution in [1.82, 2.24) is 9.80 Å². The van der Waals surface area contributed by atoms with Gasteiger partial charge >= 0.3 is 0 Å². The Morgan fingerprint density at radius 3 is 3.00 bits per heavy atom. The van der Waals surface area contributed by atoms with Crippen LogP contribution in [-0.2, 0) is 9.53 Å². The van der Waals surface area contributed by atoms with Gasteiger partial charge in [0.2, 0.25) is 5.91 Å². The Bertz CT molecular complexity index is 617. The zero-order chi connectivity index (χ0) is 16.2. The van der Waals surface area contributed by atoms with Crippen molar-refractivity contribution in [3.05, 3.63) is 42.5 Å². The van der Waals surface area contributed by atoms with Crippen LogP contribution in [0, 0.1) is 0 Å². The van der Waals surface area contributed by atoms with Gasteiger partial charge in [0.25, 0.3) is 5.91 Å². The van der Waals surface area contributed by atoms with Crippen LogP contribution in [0.1, 0.15) is 10.4 Å². The molecule has 2 aliphatic rings. The van der Waals surface area contributed by atoms with Crippen molar-refractivity contribution in [2.24, 2.45) is 0 Å². The lowest BCUT2D eigenvalue weighted by atomic mass is 10.1. The van der Waals surface area contributed by atoms with Crippen LogP contribution in [0.4, 0.5) is 5.69 Å². The number of benzene rings is 1. The minimum absolute atomic E-state index is 0.00933. The van der Waals surface area contributed by atoms with Crippen molar-refractivity contribution in [3.63, 3.8) is 0 Å². The van der Waals surface area contributed by atoms with Crippen LogP contribution in [0.5, 0.6) is 0 Å². The molecule has 122 valence electrons. The third-order valence-electron chi connectivity index (χ3n) is 4.29. The van der Waals surface area contributed by atoms with E-state index in [9.17, 15) is 9.59 Å². The molecule has 2 saturated heterocycles. The fourth-order valence-corrected chi connectivity index (χ4v) is 3.04. The quantitative estimate of drug-likeness (QED) is 0.844. The predicted octanol–water partition coefficient (Wildman–Crippen LogP) is 0.968. The van der Waals surface area contributed by atoms with E-state index in [1.54, 1.807) is 24.3 Å². The largest absolute Gasteiger partial charge is 0.378 e. The van der Waals surface area contributed by atoms with Crippen molar-refractivity contribution >= 4 is 17.5 Å². The fraction of sp³-hybridized carbons (Fsp3) is 0.412. The number of amides is 2. The minimum Gasteiger partial charge on any atom is -0.378 e. The van der Waals surface area contributed by atoms with E-state index in [0.29, 0.717) is 24.4 Å². The first-order valence-electron chi connectivity index (χ1n) is 7.82. The Morgan fingerprint density at radius 2 is 2.17 bits per heavy atom. The average Bonchev–Trinajstić information content (AvgIpc) is 2.60. The molecule has 23 heavy (non-hydrogen) atoms. The van der Waals surface area contributed by atoms with Gasteiger partial charge in [0.15, 0.2) is 0 Å². The van der Waals surface area contributed by atoms with E-state index in [4.69, 9.17) is 4.74 Å². The Balaban J connectivity index is 1.69. The van der Waals surface area contributed by atoms with E-state index in [2.05, 4.69) is 16.8 Å². The van der Waals surface area contributed by atoms with E-state index in [1.165, 1.54) is 6.08 Å². The fourth-order valence-electron chi connectivity index (χ4n) is 3.04. The smallest absolute Gasteiger partial charge is 0.254 e. The van der Waals surface area contributed by atoms with Gasteiger partial charge in [0.05, 0.1) is 19.3 Å². The molecule has 1 atom stereocenters. The van der Waals surface area contributed by atoms with Gasteiger partial charge in [-0.25, -0.2) is 0 Å². The van der Waals surface area contributed by atoms with Crippen LogP contribution in [0.2, 0.25) is 0 Å². The zero-order valence-electron chi connectivity index (χ0n) is 13.0. The molecule has 2 amide bonds. The average molecular weight is 315 g/mol. The maximum absolute atomic E-state index is 12.7. The maximum atomic E-state index is 12.7. The number of morpholine rings is 1. The van der Waals surface area contributed by atoms with Crippen LogP contribution in [-0.4, -0.2) is 67.0 Å². The lowest BCUT2D eigenvalue weighted by Crippen LogP contribution is -2.59. The van der Waals surface area contributed by atoms with Crippen LogP contribution in [0.15, 0.2) is 36.9 Å².